The van der Waals surface area contributed by atoms with E-state index < -0.39 is 10.8 Å². The second-order valence-corrected chi connectivity index (χ2v) is 5.46. The molecule has 0 radical (unpaired) electrons. The molecule has 1 fully saturated rings. The van der Waals surface area contributed by atoms with Gasteiger partial charge in [-0.2, -0.15) is 5.10 Å². The molecular weight excluding hydrogens is 210 g/mol. The summed E-state index contributed by atoms with van der Waals surface area (Å²) in [5.41, 5.74) is 0.859. The molecule has 1 aliphatic rings. The van der Waals surface area contributed by atoms with Gasteiger partial charge in [0.2, 0.25) is 0 Å². The first-order chi connectivity index (χ1) is 7.27. The van der Waals surface area contributed by atoms with E-state index in [-0.39, 0.29) is 5.25 Å². The molecule has 5 heteroatoms. The molecule has 0 saturated carbocycles. The highest BCUT2D eigenvalue weighted by Crippen LogP contribution is 2.14. The van der Waals surface area contributed by atoms with Crippen molar-refractivity contribution < 1.29 is 4.21 Å². The second-order valence-electron chi connectivity index (χ2n) is 3.78. The highest BCUT2D eigenvalue weighted by molar-refractivity contribution is 7.85. The Bertz CT molecular complexity index is 346. The number of aryl methyl sites for hydroxylation is 1. The Morgan fingerprint density at radius 3 is 2.93 bits per heavy atom. The second kappa shape index (κ2) is 4.81. The lowest BCUT2D eigenvalue weighted by Gasteiger charge is -2.21. The Morgan fingerprint density at radius 2 is 2.33 bits per heavy atom. The van der Waals surface area contributed by atoms with Crippen molar-refractivity contribution in [1.29, 1.82) is 0 Å². The molecular formula is C10H15N3OS. The Hall–Kier alpha value is -0.810. The van der Waals surface area contributed by atoms with Crippen LogP contribution in [-0.2, 0) is 10.8 Å². The summed E-state index contributed by atoms with van der Waals surface area (Å²) in [5.74, 6) is 0. The number of nitrogens with zero attached hydrogens (tertiary/aromatic N) is 2. The molecule has 1 aromatic rings. The summed E-state index contributed by atoms with van der Waals surface area (Å²) in [5, 5.41) is 12.0. The first-order valence-corrected chi connectivity index (χ1v) is 6.40. The maximum Gasteiger partial charge on any atom is 0.150 e. The summed E-state index contributed by atoms with van der Waals surface area (Å²) in [7, 11) is -1.01. The molecule has 0 unspecified atom stereocenters. The summed E-state index contributed by atoms with van der Waals surface area (Å²) < 4.78 is 12.1. The lowest BCUT2D eigenvalue weighted by molar-refractivity contribution is 0.518. The molecule has 0 aromatic carbocycles. The van der Waals surface area contributed by atoms with Crippen LogP contribution in [0.25, 0.3) is 0 Å². The predicted molar refractivity (Wildman–Crippen MR) is 59.1 cm³/mol. The minimum absolute atomic E-state index is 0.191. The lowest BCUT2D eigenvalue weighted by Crippen LogP contribution is -2.36. The number of hydrogen-bond donors (Lipinski definition) is 1. The zero-order valence-electron chi connectivity index (χ0n) is 8.77. The third-order valence-corrected chi connectivity index (χ3v) is 4.17. The van der Waals surface area contributed by atoms with Gasteiger partial charge < -0.3 is 5.32 Å². The van der Waals surface area contributed by atoms with Gasteiger partial charge in [0.15, 0.2) is 0 Å². The molecule has 1 N–H and O–H groups in total. The predicted octanol–water partition coefficient (Wildman–Crippen LogP) is 0.645. The van der Waals surface area contributed by atoms with Crippen LogP contribution in [0.15, 0.2) is 17.2 Å². The highest BCUT2D eigenvalue weighted by Gasteiger charge is 2.21. The third kappa shape index (κ3) is 2.60. The summed E-state index contributed by atoms with van der Waals surface area (Å²) in [4.78, 5) is 0. The van der Waals surface area contributed by atoms with E-state index >= 15 is 0 Å². The summed E-state index contributed by atoms with van der Waals surface area (Å²) in [6, 6.07) is 3.67. The van der Waals surface area contributed by atoms with Gasteiger partial charge in [0, 0.05) is 6.54 Å². The van der Waals surface area contributed by atoms with Gasteiger partial charge in [0.05, 0.1) is 21.7 Å². The van der Waals surface area contributed by atoms with Crippen LogP contribution < -0.4 is 5.32 Å². The Balaban J connectivity index is 2.09. The van der Waals surface area contributed by atoms with E-state index in [1.807, 2.05) is 19.1 Å². The van der Waals surface area contributed by atoms with Crippen molar-refractivity contribution in [2.45, 2.75) is 30.0 Å². The van der Waals surface area contributed by atoms with E-state index in [0.717, 1.165) is 31.6 Å². The van der Waals surface area contributed by atoms with Crippen molar-refractivity contribution in [3.63, 3.8) is 0 Å². The van der Waals surface area contributed by atoms with E-state index in [2.05, 4.69) is 15.5 Å². The SMILES string of the molecule is Cc1ccc([S@@](=O)[C@H]2CCCNC2)nn1. The number of hydrogen-bond acceptors (Lipinski definition) is 4. The number of nitrogens with one attached hydrogen (secondary N) is 1. The van der Waals surface area contributed by atoms with Crippen molar-refractivity contribution in [2.75, 3.05) is 13.1 Å². The largest absolute Gasteiger partial charge is 0.316 e. The van der Waals surface area contributed by atoms with Gasteiger partial charge in [-0.05, 0) is 38.4 Å². The van der Waals surface area contributed by atoms with Gasteiger partial charge in [0.1, 0.15) is 5.03 Å². The average molecular weight is 225 g/mol. The van der Waals surface area contributed by atoms with E-state index in [1.54, 1.807) is 0 Å². The van der Waals surface area contributed by atoms with Crippen LogP contribution in [0.2, 0.25) is 0 Å². The van der Waals surface area contributed by atoms with E-state index in [9.17, 15) is 4.21 Å². The molecule has 0 bridgehead atoms. The zero-order valence-corrected chi connectivity index (χ0v) is 9.59. The van der Waals surface area contributed by atoms with Crippen LogP contribution in [-0.4, -0.2) is 32.7 Å². The quantitative estimate of drug-likeness (QED) is 0.802. The van der Waals surface area contributed by atoms with Crippen LogP contribution in [0.1, 0.15) is 18.5 Å². The van der Waals surface area contributed by atoms with Gasteiger partial charge >= 0.3 is 0 Å². The van der Waals surface area contributed by atoms with Crippen LogP contribution in [0.4, 0.5) is 0 Å². The molecule has 1 aliphatic heterocycles. The summed E-state index contributed by atoms with van der Waals surface area (Å²) in [6.07, 6.45) is 2.10. The molecule has 0 amide bonds. The molecule has 4 nitrogen and oxygen atoms in total. The molecule has 15 heavy (non-hydrogen) atoms. The molecule has 1 saturated heterocycles. The van der Waals surface area contributed by atoms with Crippen LogP contribution >= 0.6 is 0 Å². The van der Waals surface area contributed by atoms with Gasteiger partial charge in [0.25, 0.3) is 0 Å². The standard InChI is InChI=1S/C10H15N3OS/c1-8-4-5-10(13-12-8)15(14)9-3-2-6-11-7-9/h4-5,9,11H,2-3,6-7H2,1H3/t9-,15-/m0/s1. The number of aromatic nitrogens is 2. The normalized spacial score (nSPS) is 23.7. The van der Waals surface area contributed by atoms with Gasteiger partial charge in [-0.3, -0.25) is 4.21 Å². The smallest absolute Gasteiger partial charge is 0.150 e. The third-order valence-electron chi connectivity index (χ3n) is 2.53. The molecule has 82 valence electrons. The van der Waals surface area contributed by atoms with E-state index in [4.69, 9.17) is 0 Å². The van der Waals surface area contributed by atoms with E-state index in [0.29, 0.717) is 5.03 Å². The maximum atomic E-state index is 12.1. The van der Waals surface area contributed by atoms with Crippen molar-refractivity contribution in [3.05, 3.63) is 17.8 Å². The minimum Gasteiger partial charge on any atom is -0.316 e. The van der Waals surface area contributed by atoms with E-state index in [1.165, 1.54) is 0 Å². The number of rotatable bonds is 2. The van der Waals surface area contributed by atoms with Crippen molar-refractivity contribution in [3.8, 4) is 0 Å². The minimum atomic E-state index is -1.01. The fourth-order valence-electron chi connectivity index (χ4n) is 1.67. The van der Waals surface area contributed by atoms with Crippen molar-refractivity contribution >= 4 is 10.8 Å². The molecule has 2 heterocycles. The Morgan fingerprint density at radius 1 is 1.47 bits per heavy atom. The van der Waals surface area contributed by atoms with Gasteiger partial charge in [-0.1, -0.05) is 0 Å². The average Bonchev–Trinajstić information content (AvgIpc) is 2.30. The lowest BCUT2D eigenvalue weighted by atomic mass is 10.2. The van der Waals surface area contributed by atoms with Crippen molar-refractivity contribution in [2.24, 2.45) is 0 Å². The zero-order chi connectivity index (χ0) is 10.7. The topological polar surface area (TPSA) is 54.9 Å². The summed E-state index contributed by atoms with van der Waals surface area (Å²) in [6.45, 7) is 3.73. The Kier molecular flexibility index (Phi) is 3.43. The Labute approximate surface area is 91.9 Å². The molecule has 0 spiro atoms. The molecule has 2 atom stereocenters. The van der Waals surface area contributed by atoms with Crippen LogP contribution in [0.5, 0.6) is 0 Å². The first-order valence-electron chi connectivity index (χ1n) is 5.19. The molecule has 2 rings (SSSR count). The molecule has 0 aliphatic carbocycles. The number of piperidine rings is 1. The summed E-state index contributed by atoms with van der Waals surface area (Å²) >= 11 is 0. The monoisotopic (exact) mass is 225 g/mol. The van der Waals surface area contributed by atoms with Crippen LogP contribution in [0, 0.1) is 6.92 Å². The molecule has 1 aromatic heterocycles. The maximum absolute atomic E-state index is 12.1. The van der Waals surface area contributed by atoms with Crippen LogP contribution in [0.3, 0.4) is 0 Å². The fraction of sp³-hybridized carbons (Fsp3) is 0.600. The first kappa shape index (κ1) is 10.7. The fourth-order valence-corrected chi connectivity index (χ4v) is 2.98. The highest BCUT2D eigenvalue weighted by atomic mass is 32.2. The van der Waals surface area contributed by atoms with Gasteiger partial charge in [-0.15, -0.1) is 5.10 Å². The van der Waals surface area contributed by atoms with Gasteiger partial charge in [-0.25, -0.2) is 0 Å². The van der Waals surface area contributed by atoms with Crippen molar-refractivity contribution in [1.82, 2.24) is 15.5 Å².